The zero-order valence-electron chi connectivity index (χ0n) is 15.0. The van der Waals surface area contributed by atoms with Crippen LogP contribution >= 0.6 is 24.8 Å². The number of aliphatic hydroxyl groups excluding tert-OH is 1. The number of aryl methyl sites for hydroxylation is 1. The Morgan fingerprint density at radius 1 is 1.16 bits per heavy atom. The van der Waals surface area contributed by atoms with E-state index < -0.39 is 0 Å². The van der Waals surface area contributed by atoms with Gasteiger partial charge >= 0.3 is 0 Å². The van der Waals surface area contributed by atoms with E-state index in [1.807, 2.05) is 6.20 Å². The lowest BCUT2D eigenvalue weighted by Crippen LogP contribution is -2.54. The Kier molecular flexibility index (Phi) is 7.14. The molecule has 4 heterocycles. The van der Waals surface area contributed by atoms with Crippen molar-refractivity contribution in [1.29, 1.82) is 0 Å². The molecule has 4 rings (SSSR count). The molecule has 4 nitrogen and oxygen atoms in total. The minimum absolute atomic E-state index is 0. The van der Waals surface area contributed by atoms with Crippen LogP contribution in [-0.2, 0) is 5.41 Å². The average Bonchev–Trinajstić information content (AvgIpc) is 2.79. The quantitative estimate of drug-likeness (QED) is 0.836. The van der Waals surface area contributed by atoms with Gasteiger partial charge in [0, 0.05) is 35.9 Å². The van der Waals surface area contributed by atoms with Crippen LogP contribution in [0.4, 0.5) is 0 Å². The molecule has 2 bridgehead atoms. The van der Waals surface area contributed by atoms with E-state index in [0.29, 0.717) is 12.1 Å². The Labute approximate surface area is 163 Å². The minimum atomic E-state index is -0.0785. The molecule has 3 fully saturated rings. The van der Waals surface area contributed by atoms with Gasteiger partial charge < -0.3 is 10.4 Å². The van der Waals surface area contributed by atoms with Gasteiger partial charge in [-0.05, 0) is 70.2 Å². The molecule has 142 valence electrons. The Bertz CT molecular complexity index is 534. The Balaban J connectivity index is 0.00000113. The van der Waals surface area contributed by atoms with E-state index in [2.05, 4.69) is 29.3 Å². The number of aliphatic hydroxyl groups is 1. The van der Waals surface area contributed by atoms with Crippen molar-refractivity contribution in [3.05, 3.63) is 29.6 Å². The van der Waals surface area contributed by atoms with E-state index in [1.165, 1.54) is 36.9 Å². The fraction of sp³-hybridized carbons (Fsp3) is 0.737. The van der Waals surface area contributed by atoms with Gasteiger partial charge in [-0.1, -0.05) is 6.07 Å². The molecule has 0 aliphatic carbocycles. The monoisotopic (exact) mass is 387 g/mol. The molecule has 0 spiro atoms. The number of aromatic nitrogens is 1. The summed E-state index contributed by atoms with van der Waals surface area (Å²) in [4.78, 5) is 7.54. The van der Waals surface area contributed by atoms with Crippen molar-refractivity contribution in [1.82, 2.24) is 15.2 Å². The summed E-state index contributed by atoms with van der Waals surface area (Å²) in [7, 11) is 0. The molecule has 0 radical (unpaired) electrons. The molecule has 3 atom stereocenters. The van der Waals surface area contributed by atoms with E-state index in [0.717, 1.165) is 32.5 Å². The Hall–Kier alpha value is -0.390. The molecular formula is C19H31Cl2N3O. The smallest absolute Gasteiger partial charge is 0.0570 e. The van der Waals surface area contributed by atoms with Crippen molar-refractivity contribution < 1.29 is 5.11 Å². The van der Waals surface area contributed by atoms with Crippen LogP contribution < -0.4 is 5.32 Å². The number of halogens is 2. The molecule has 3 saturated heterocycles. The molecular weight excluding hydrogens is 357 g/mol. The SMILES string of the molecule is Cc1ccc(C2(CN3[C@@H]4CC[C@H]3CC(O)C4)CCNCC2)nc1.Cl.Cl. The number of nitrogens with zero attached hydrogens (tertiary/aromatic N) is 2. The normalized spacial score (nSPS) is 31.0. The molecule has 1 aromatic rings. The zero-order valence-corrected chi connectivity index (χ0v) is 16.6. The second kappa shape index (κ2) is 8.53. The van der Waals surface area contributed by atoms with Gasteiger partial charge in [0.25, 0.3) is 0 Å². The van der Waals surface area contributed by atoms with Gasteiger partial charge in [0.15, 0.2) is 0 Å². The maximum absolute atomic E-state index is 10.1. The van der Waals surface area contributed by atoms with Crippen LogP contribution in [0, 0.1) is 6.92 Å². The predicted octanol–water partition coefficient (Wildman–Crippen LogP) is 2.84. The van der Waals surface area contributed by atoms with Crippen LogP contribution in [0.5, 0.6) is 0 Å². The summed E-state index contributed by atoms with van der Waals surface area (Å²) in [5, 5.41) is 13.6. The molecule has 1 aromatic heterocycles. The van der Waals surface area contributed by atoms with Crippen molar-refractivity contribution in [3.63, 3.8) is 0 Å². The number of hydrogen-bond donors (Lipinski definition) is 2. The van der Waals surface area contributed by atoms with Crippen LogP contribution in [0.3, 0.4) is 0 Å². The number of pyridine rings is 1. The molecule has 3 aliphatic heterocycles. The molecule has 1 unspecified atom stereocenters. The van der Waals surface area contributed by atoms with Crippen LogP contribution in [0.2, 0.25) is 0 Å². The fourth-order valence-corrected chi connectivity index (χ4v) is 5.04. The number of fused-ring (bicyclic) bond motifs is 2. The van der Waals surface area contributed by atoms with E-state index in [4.69, 9.17) is 4.98 Å². The third kappa shape index (κ3) is 4.14. The number of hydrogen-bond acceptors (Lipinski definition) is 4. The lowest BCUT2D eigenvalue weighted by molar-refractivity contribution is 0.0175. The Morgan fingerprint density at radius 2 is 1.80 bits per heavy atom. The van der Waals surface area contributed by atoms with Crippen molar-refractivity contribution in [2.24, 2.45) is 0 Å². The van der Waals surface area contributed by atoms with Gasteiger partial charge in [-0.2, -0.15) is 0 Å². The number of nitrogens with one attached hydrogen (secondary N) is 1. The molecule has 0 amide bonds. The fourth-order valence-electron chi connectivity index (χ4n) is 5.04. The second-order valence-corrected chi connectivity index (χ2v) is 7.93. The summed E-state index contributed by atoms with van der Waals surface area (Å²) in [6.45, 7) is 5.40. The standard InChI is InChI=1S/C19H29N3O.2ClH/c1-14-2-5-18(21-12-14)19(6-8-20-9-7-19)13-22-15-3-4-16(22)11-17(23)10-15;;/h2,5,12,15-17,20,23H,3-4,6-11,13H2,1H3;2*1H/t15-,16+,17?;;. The Morgan fingerprint density at radius 3 is 2.36 bits per heavy atom. The van der Waals surface area contributed by atoms with Crippen LogP contribution in [0.15, 0.2) is 18.3 Å². The summed E-state index contributed by atoms with van der Waals surface area (Å²) in [5.41, 5.74) is 2.69. The zero-order chi connectivity index (χ0) is 15.9. The highest BCUT2D eigenvalue weighted by atomic mass is 35.5. The topological polar surface area (TPSA) is 48.4 Å². The van der Waals surface area contributed by atoms with E-state index in [1.54, 1.807) is 0 Å². The molecule has 25 heavy (non-hydrogen) atoms. The largest absolute Gasteiger partial charge is 0.393 e. The summed E-state index contributed by atoms with van der Waals surface area (Å²) in [6.07, 6.45) is 8.73. The predicted molar refractivity (Wildman–Crippen MR) is 106 cm³/mol. The van der Waals surface area contributed by atoms with Crippen molar-refractivity contribution in [2.75, 3.05) is 19.6 Å². The lowest BCUT2D eigenvalue weighted by Gasteiger charge is -2.46. The first kappa shape index (κ1) is 20.9. The number of piperidine rings is 2. The van der Waals surface area contributed by atoms with Gasteiger partial charge in [0.1, 0.15) is 0 Å². The second-order valence-electron chi connectivity index (χ2n) is 7.93. The number of rotatable bonds is 3. The summed E-state index contributed by atoms with van der Waals surface area (Å²) in [6, 6.07) is 5.63. The molecule has 0 saturated carbocycles. The minimum Gasteiger partial charge on any atom is -0.393 e. The third-order valence-corrected chi connectivity index (χ3v) is 6.36. The van der Waals surface area contributed by atoms with E-state index in [9.17, 15) is 5.11 Å². The molecule has 2 N–H and O–H groups in total. The summed E-state index contributed by atoms with van der Waals surface area (Å²) in [5.74, 6) is 0. The van der Waals surface area contributed by atoms with E-state index >= 15 is 0 Å². The summed E-state index contributed by atoms with van der Waals surface area (Å²) < 4.78 is 0. The van der Waals surface area contributed by atoms with Gasteiger partial charge in [-0.25, -0.2) is 0 Å². The maximum atomic E-state index is 10.1. The third-order valence-electron chi connectivity index (χ3n) is 6.36. The molecule has 6 heteroatoms. The highest BCUT2D eigenvalue weighted by Crippen LogP contribution is 2.41. The van der Waals surface area contributed by atoms with Crippen LogP contribution in [0.25, 0.3) is 0 Å². The van der Waals surface area contributed by atoms with Crippen LogP contribution in [-0.4, -0.2) is 52.8 Å². The van der Waals surface area contributed by atoms with Gasteiger partial charge in [-0.15, -0.1) is 24.8 Å². The summed E-state index contributed by atoms with van der Waals surface area (Å²) >= 11 is 0. The maximum Gasteiger partial charge on any atom is 0.0570 e. The van der Waals surface area contributed by atoms with Crippen LogP contribution in [0.1, 0.15) is 49.8 Å². The molecule has 3 aliphatic rings. The average molecular weight is 388 g/mol. The highest BCUT2D eigenvalue weighted by Gasteiger charge is 2.45. The lowest BCUT2D eigenvalue weighted by atomic mass is 9.74. The van der Waals surface area contributed by atoms with Crippen molar-refractivity contribution in [2.45, 2.75) is 69.1 Å². The van der Waals surface area contributed by atoms with Gasteiger partial charge in [0.05, 0.1) is 6.10 Å². The van der Waals surface area contributed by atoms with Crippen molar-refractivity contribution >= 4 is 24.8 Å². The van der Waals surface area contributed by atoms with Gasteiger partial charge in [-0.3, -0.25) is 9.88 Å². The molecule has 0 aromatic carbocycles. The first-order valence-electron chi connectivity index (χ1n) is 9.24. The van der Waals surface area contributed by atoms with Gasteiger partial charge in [0.2, 0.25) is 0 Å². The van der Waals surface area contributed by atoms with E-state index in [-0.39, 0.29) is 36.3 Å². The first-order valence-corrected chi connectivity index (χ1v) is 9.24. The first-order chi connectivity index (χ1) is 11.2. The van der Waals surface area contributed by atoms with Crippen molar-refractivity contribution in [3.8, 4) is 0 Å². The highest BCUT2D eigenvalue weighted by molar-refractivity contribution is 5.85.